The van der Waals surface area contributed by atoms with Crippen LogP contribution in [0.2, 0.25) is 0 Å². The molecule has 1 aliphatic heterocycles. The highest BCUT2D eigenvalue weighted by Gasteiger charge is 2.23. The molecule has 1 aliphatic carbocycles. The molecule has 3 aromatic heterocycles. The van der Waals surface area contributed by atoms with Crippen molar-refractivity contribution in [3.8, 4) is 17.2 Å². The van der Waals surface area contributed by atoms with E-state index < -0.39 is 0 Å². The Morgan fingerprint density at radius 3 is 2.42 bits per heavy atom. The Bertz CT molecular complexity index is 1290. The van der Waals surface area contributed by atoms with Crippen LogP contribution in [0.4, 0.5) is 16.2 Å². The molecule has 0 radical (unpaired) electrons. The van der Waals surface area contributed by atoms with E-state index in [0.29, 0.717) is 29.3 Å². The molecule has 2 aliphatic rings. The number of imidazole rings is 1. The fourth-order valence-electron chi connectivity index (χ4n) is 4.14. The molecule has 4 heterocycles. The number of fused-ring (bicyclic) bond motifs is 1. The summed E-state index contributed by atoms with van der Waals surface area (Å²) in [6.07, 6.45) is 4.03. The maximum absolute atomic E-state index is 13.6. The molecule has 9 heteroatoms. The molecule has 168 valence electrons. The van der Waals surface area contributed by atoms with Gasteiger partial charge in [-0.3, -0.25) is 4.57 Å². The van der Waals surface area contributed by atoms with Crippen LogP contribution >= 0.6 is 0 Å². The zero-order chi connectivity index (χ0) is 22.4. The second kappa shape index (κ2) is 8.08. The van der Waals surface area contributed by atoms with Gasteiger partial charge in [-0.2, -0.15) is 4.98 Å². The first-order valence-electron chi connectivity index (χ1n) is 11.3. The standard InChI is InChI=1S/C24H25FN8/c1-31-12-14-32(15-13-31)20-9-8-19-22(28-20)30-23(16-2-4-17(25)5-3-16)33(19)21-10-11-26-24(29-21)27-18-6-7-18/h2-5,8-11,18H,6-7,12-15H2,1H3,(H,26,27,29). The molecule has 0 unspecified atom stereocenters. The number of aromatic nitrogens is 5. The summed E-state index contributed by atoms with van der Waals surface area (Å²) in [6.45, 7) is 3.88. The van der Waals surface area contributed by atoms with Crippen molar-refractivity contribution >= 4 is 22.9 Å². The molecule has 0 spiro atoms. The highest BCUT2D eigenvalue weighted by Crippen LogP contribution is 2.30. The van der Waals surface area contributed by atoms with Gasteiger partial charge in [0.15, 0.2) is 5.65 Å². The maximum Gasteiger partial charge on any atom is 0.224 e. The van der Waals surface area contributed by atoms with E-state index in [1.54, 1.807) is 18.3 Å². The summed E-state index contributed by atoms with van der Waals surface area (Å²) in [4.78, 5) is 23.5. The summed E-state index contributed by atoms with van der Waals surface area (Å²) in [5, 5.41) is 3.36. The second-order valence-electron chi connectivity index (χ2n) is 8.74. The van der Waals surface area contributed by atoms with E-state index in [1.807, 2.05) is 22.8 Å². The van der Waals surface area contributed by atoms with Crippen molar-refractivity contribution in [2.45, 2.75) is 18.9 Å². The molecule has 0 amide bonds. The van der Waals surface area contributed by atoms with Gasteiger partial charge >= 0.3 is 0 Å². The van der Waals surface area contributed by atoms with Crippen molar-refractivity contribution in [1.82, 2.24) is 29.4 Å². The van der Waals surface area contributed by atoms with Crippen LogP contribution in [0.5, 0.6) is 0 Å². The van der Waals surface area contributed by atoms with Crippen LogP contribution in [-0.4, -0.2) is 68.7 Å². The summed E-state index contributed by atoms with van der Waals surface area (Å²) in [6, 6.07) is 12.8. The highest BCUT2D eigenvalue weighted by molar-refractivity contribution is 5.81. The molecule has 33 heavy (non-hydrogen) atoms. The van der Waals surface area contributed by atoms with Crippen molar-refractivity contribution in [3.63, 3.8) is 0 Å². The molecule has 6 rings (SSSR count). The molecule has 0 bridgehead atoms. The lowest BCUT2D eigenvalue weighted by atomic mass is 10.2. The fraction of sp³-hybridized carbons (Fsp3) is 0.333. The number of pyridine rings is 1. The van der Waals surface area contributed by atoms with Gasteiger partial charge in [-0.25, -0.2) is 19.3 Å². The number of halogens is 1. The zero-order valence-electron chi connectivity index (χ0n) is 18.4. The average molecular weight is 445 g/mol. The minimum absolute atomic E-state index is 0.283. The van der Waals surface area contributed by atoms with Crippen LogP contribution in [0.25, 0.3) is 28.4 Å². The Balaban J connectivity index is 1.47. The van der Waals surface area contributed by atoms with E-state index in [-0.39, 0.29) is 5.82 Å². The maximum atomic E-state index is 13.6. The Morgan fingerprint density at radius 1 is 0.879 bits per heavy atom. The molecule has 2 fully saturated rings. The normalized spacial score (nSPS) is 17.0. The number of anilines is 2. The van der Waals surface area contributed by atoms with Gasteiger partial charge in [-0.15, -0.1) is 0 Å². The SMILES string of the molecule is CN1CCN(c2ccc3c(n2)nc(-c2ccc(F)cc2)n3-c2ccnc(NC3CC3)n2)CC1. The average Bonchev–Trinajstić information content (AvgIpc) is 3.56. The van der Waals surface area contributed by atoms with Crippen molar-refractivity contribution in [1.29, 1.82) is 0 Å². The monoisotopic (exact) mass is 444 g/mol. The predicted octanol–water partition coefficient (Wildman–Crippen LogP) is 3.34. The van der Waals surface area contributed by atoms with Crippen LogP contribution < -0.4 is 10.2 Å². The largest absolute Gasteiger partial charge is 0.354 e. The number of likely N-dealkylation sites (N-methyl/N-ethyl adjacent to an activating group) is 1. The first kappa shape index (κ1) is 20.0. The van der Waals surface area contributed by atoms with E-state index in [2.05, 4.69) is 27.1 Å². The number of nitrogens with one attached hydrogen (secondary N) is 1. The molecule has 4 aromatic rings. The topological polar surface area (TPSA) is 75.0 Å². The van der Waals surface area contributed by atoms with Crippen molar-refractivity contribution in [3.05, 3.63) is 54.5 Å². The van der Waals surface area contributed by atoms with E-state index >= 15 is 0 Å². The second-order valence-corrected chi connectivity index (χ2v) is 8.74. The summed E-state index contributed by atoms with van der Waals surface area (Å²) >= 11 is 0. The summed E-state index contributed by atoms with van der Waals surface area (Å²) in [7, 11) is 2.14. The molecular weight excluding hydrogens is 419 g/mol. The van der Waals surface area contributed by atoms with Gasteiger partial charge in [0.25, 0.3) is 0 Å². The number of rotatable bonds is 5. The minimum Gasteiger partial charge on any atom is -0.354 e. The first-order valence-corrected chi connectivity index (χ1v) is 11.3. The summed E-state index contributed by atoms with van der Waals surface area (Å²) in [5.74, 6) is 2.61. The fourth-order valence-corrected chi connectivity index (χ4v) is 4.14. The third-order valence-corrected chi connectivity index (χ3v) is 6.21. The van der Waals surface area contributed by atoms with Crippen molar-refractivity contribution in [2.75, 3.05) is 43.4 Å². The number of hydrogen-bond donors (Lipinski definition) is 1. The van der Waals surface area contributed by atoms with Crippen LogP contribution in [0.3, 0.4) is 0 Å². The van der Waals surface area contributed by atoms with Gasteiger partial charge in [0.1, 0.15) is 23.3 Å². The molecule has 1 aromatic carbocycles. The Labute approximate surface area is 191 Å². The van der Waals surface area contributed by atoms with Gasteiger partial charge < -0.3 is 15.1 Å². The van der Waals surface area contributed by atoms with Crippen LogP contribution in [0.15, 0.2) is 48.7 Å². The first-order chi connectivity index (χ1) is 16.1. The zero-order valence-corrected chi connectivity index (χ0v) is 18.4. The van der Waals surface area contributed by atoms with E-state index in [1.165, 1.54) is 12.1 Å². The van der Waals surface area contributed by atoms with Crippen LogP contribution in [0.1, 0.15) is 12.8 Å². The molecule has 8 nitrogen and oxygen atoms in total. The van der Waals surface area contributed by atoms with Gasteiger partial charge in [-0.05, 0) is 62.4 Å². The minimum atomic E-state index is -0.283. The molecular formula is C24H25FN8. The van der Waals surface area contributed by atoms with E-state index in [0.717, 1.165) is 55.9 Å². The van der Waals surface area contributed by atoms with Crippen molar-refractivity contribution in [2.24, 2.45) is 0 Å². The molecule has 1 saturated heterocycles. The van der Waals surface area contributed by atoms with Crippen LogP contribution in [0, 0.1) is 5.82 Å². The number of benzene rings is 1. The molecule has 1 saturated carbocycles. The molecule has 1 N–H and O–H groups in total. The number of nitrogens with zero attached hydrogens (tertiary/aromatic N) is 7. The Hall–Kier alpha value is -3.59. The smallest absolute Gasteiger partial charge is 0.224 e. The lowest BCUT2D eigenvalue weighted by molar-refractivity contribution is 0.312. The number of piperazine rings is 1. The third kappa shape index (κ3) is 4.00. The highest BCUT2D eigenvalue weighted by atomic mass is 19.1. The van der Waals surface area contributed by atoms with Crippen LogP contribution in [-0.2, 0) is 0 Å². The van der Waals surface area contributed by atoms with Crippen molar-refractivity contribution < 1.29 is 4.39 Å². The lowest BCUT2D eigenvalue weighted by Gasteiger charge is -2.33. The molecule has 0 atom stereocenters. The quantitative estimate of drug-likeness (QED) is 0.506. The van der Waals surface area contributed by atoms with E-state index in [4.69, 9.17) is 15.0 Å². The predicted molar refractivity (Wildman–Crippen MR) is 126 cm³/mol. The van der Waals surface area contributed by atoms with Gasteiger partial charge in [-0.1, -0.05) is 0 Å². The van der Waals surface area contributed by atoms with Gasteiger partial charge in [0.05, 0.1) is 5.52 Å². The summed E-state index contributed by atoms with van der Waals surface area (Å²) in [5.41, 5.74) is 2.29. The van der Waals surface area contributed by atoms with Gasteiger partial charge in [0.2, 0.25) is 5.95 Å². The van der Waals surface area contributed by atoms with Gasteiger partial charge in [0, 0.05) is 44.0 Å². The Morgan fingerprint density at radius 2 is 1.67 bits per heavy atom. The number of hydrogen-bond acceptors (Lipinski definition) is 7. The third-order valence-electron chi connectivity index (χ3n) is 6.21. The Kier molecular flexibility index (Phi) is 4.91. The lowest BCUT2D eigenvalue weighted by Crippen LogP contribution is -2.44. The summed E-state index contributed by atoms with van der Waals surface area (Å²) < 4.78 is 15.6. The van der Waals surface area contributed by atoms with E-state index in [9.17, 15) is 4.39 Å².